The molecule has 4 atom stereocenters. The molecule has 4 heterocycles. The van der Waals surface area contributed by atoms with Gasteiger partial charge in [0.1, 0.15) is 17.9 Å². The van der Waals surface area contributed by atoms with E-state index in [1.54, 1.807) is 0 Å². The molecule has 4 unspecified atom stereocenters. The summed E-state index contributed by atoms with van der Waals surface area (Å²) in [5.74, 6) is 1.63. The molecule has 0 radical (unpaired) electrons. The Bertz CT molecular complexity index is 1750. The monoisotopic (exact) mass is 747 g/mol. The van der Waals surface area contributed by atoms with Crippen LogP contribution in [0.4, 0.5) is 0 Å². The SMILES string of the molecule is CCCCCC(=O)NC1=CCCC(CN(CC2C=CC=N2)C2=CC(OCCNC3C=CC(C=O)=CC3)CC(CN(CC3=NCC=C3)C3=CC=CC(N)N3)=C2)=N1. The van der Waals surface area contributed by atoms with Crippen LogP contribution in [-0.2, 0) is 14.3 Å². The number of ether oxygens (including phenoxy) is 1. The van der Waals surface area contributed by atoms with Crippen LogP contribution in [0.15, 0.2) is 122 Å². The summed E-state index contributed by atoms with van der Waals surface area (Å²) in [5.41, 5.74) is 11.4. The Hall–Kier alpha value is -4.91. The van der Waals surface area contributed by atoms with E-state index in [4.69, 9.17) is 25.4 Å². The molecule has 12 heteroatoms. The number of unbranched alkanes of at least 4 members (excludes halogenated alkanes) is 2. The Morgan fingerprint density at radius 2 is 2.04 bits per heavy atom. The Kier molecular flexibility index (Phi) is 15.0. The van der Waals surface area contributed by atoms with Crippen molar-refractivity contribution in [1.29, 1.82) is 0 Å². The fourth-order valence-corrected chi connectivity index (χ4v) is 7.26. The molecular weight excluding hydrogens is 691 g/mol. The number of nitrogens with zero attached hydrogens (tertiary/aromatic N) is 5. The Balaban J connectivity index is 1.22. The highest BCUT2D eigenvalue weighted by atomic mass is 16.5. The van der Waals surface area contributed by atoms with E-state index in [0.717, 1.165) is 79.7 Å². The van der Waals surface area contributed by atoms with Gasteiger partial charge in [0.15, 0.2) is 0 Å². The number of carbonyl (C=O) groups is 2. The van der Waals surface area contributed by atoms with E-state index in [9.17, 15) is 9.59 Å². The number of amides is 1. The highest BCUT2D eigenvalue weighted by Crippen LogP contribution is 2.27. The molecule has 0 spiro atoms. The van der Waals surface area contributed by atoms with Crippen molar-refractivity contribution in [1.82, 2.24) is 25.8 Å². The van der Waals surface area contributed by atoms with Crippen molar-refractivity contribution in [2.24, 2.45) is 20.7 Å². The summed E-state index contributed by atoms with van der Waals surface area (Å²) in [4.78, 5) is 42.8. The summed E-state index contributed by atoms with van der Waals surface area (Å²) < 4.78 is 6.62. The standard InChI is InChI=1S/C43H57N9O3/c1-2-3-4-15-43(54)50-41-13-5-9-37(48-41)30-51(28-35-10-7-20-45-35)38-24-33(25-39(26-38)55-23-22-47-34-18-16-32(31-53)17-19-34)27-52(29-36-11-8-21-46-36)42-14-6-12-40(44)49-42/h6-8,10-14,16-18,20,24,26,31,34-35,39-40,47,49H,2-5,9,15,19,21-23,25,27-30,44H2,1H3,(H,50,54). The topological polar surface area (TPSA) is 149 Å². The van der Waals surface area contributed by atoms with Gasteiger partial charge in [-0.3, -0.25) is 19.6 Å². The zero-order valence-electron chi connectivity index (χ0n) is 32.1. The molecule has 6 aliphatic rings. The van der Waals surface area contributed by atoms with Crippen LogP contribution in [0.25, 0.3) is 0 Å². The van der Waals surface area contributed by atoms with Crippen LogP contribution in [0.3, 0.4) is 0 Å². The molecule has 12 nitrogen and oxygen atoms in total. The van der Waals surface area contributed by atoms with Crippen LogP contribution in [-0.4, -0.2) is 110 Å². The third-order valence-corrected chi connectivity index (χ3v) is 10.1. The van der Waals surface area contributed by atoms with Gasteiger partial charge in [0, 0.05) is 61.7 Å². The lowest BCUT2D eigenvalue weighted by atomic mass is 9.98. The maximum Gasteiger partial charge on any atom is 0.225 e. The molecule has 0 fully saturated rings. The Morgan fingerprint density at radius 1 is 1.11 bits per heavy atom. The first-order chi connectivity index (χ1) is 26.9. The molecule has 1 amide bonds. The summed E-state index contributed by atoms with van der Waals surface area (Å²) in [5, 5.41) is 10.0. The van der Waals surface area contributed by atoms with Crippen molar-refractivity contribution in [3.8, 4) is 0 Å². The van der Waals surface area contributed by atoms with Crippen molar-refractivity contribution in [2.45, 2.75) is 82.6 Å². The van der Waals surface area contributed by atoms with Crippen LogP contribution in [0.1, 0.15) is 58.3 Å². The predicted molar refractivity (Wildman–Crippen MR) is 222 cm³/mol. The number of hydrogen-bond donors (Lipinski definition) is 4. The van der Waals surface area contributed by atoms with Crippen molar-refractivity contribution >= 4 is 29.8 Å². The third-order valence-electron chi connectivity index (χ3n) is 10.1. The normalized spacial score (nSPS) is 23.9. The maximum atomic E-state index is 12.7. The molecule has 292 valence electrons. The first-order valence-electron chi connectivity index (χ1n) is 19.9. The van der Waals surface area contributed by atoms with Gasteiger partial charge in [-0.15, -0.1) is 0 Å². The minimum atomic E-state index is -0.269. The second-order valence-corrected chi connectivity index (χ2v) is 14.6. The van der Waals surface area contributed by atoms with E-state index in [1.807, 2.05) is 48.7 Å². The zero-order chi connectivity index (χ0) is 38.2. The number of carbonyl (C=O) groups excluding carboxylic acids is 2. The lowest BCUT2D eigenvalue weighted by molar-refractivity contribution is -0.120. The highest BCUT2D eigenvalue weighted by Gasteiger charge is 2.26. The van der Waals surface area contributed by atoms with Crippen molar-refractivity contribution in [2.75, 3.05) is 45.9 Å². The number of aldehydes is 1. The molecular formula is C43H57N9O3. The minimum absolute atomic E-state index is 0.0200. The van der Waals surface area contributed by atoms with Crippen molar-refractivity contribution in [3.63, 3.8) is 0 Å². The van der Waals surface area contributed by atoms with Crippen LogP contribution >= 0.6 is 0 Å². The fourth-order valence-electron chi connectivity index (χ4n) is 7.26. The smallest absolute Gasteiger partial charge is 0.225 e. The van der Waals surface area contributed by atoms with Crippen LogP contribution in [0.2, 0.25) is 0 Å². The molecule has 0 aromatic heterocycles. The van der Waals surface area contributed by atoms with E-state index in [2.05, 4.69) is 69.1 Å². The number of rotatable bonds is 21. The summed E-state index contributed by atoms with van der Waals surface area (Å²) >= 11 is 0. The molecule has 0 aromatic rings. The van der Waals surface area contributed by atoms with E-state index in [0.29, 0.717) is 58.1 Å². The summed E-state index contributed by atoms with van der Waals surface area (Å²) in [7, 11) is 0. The molecule has 0 bridgehead atoms. The molecule has 6 rings (SSSR count). The van der Waals surface area contributed by atoms with Gasteiger partial charge in [0.25, 0.3) is 0 Å². The Morgan fingerprint density at radius 3 is 2.80 bits per heavy atom. The molecule has 2 aliphatic carbocycles. The molecule has 5 N–H and O–H groups in total. The van der Waals surface area contributed by atoms with E-state index < -0.39 is 0 Å². The van der Waals surface area contributed by atoms with E-state index >= 15 is 0 Å². The second-order valence-electron chi connectivity index (χ2n) is 14.6. The van der Waals surface area contributed by atoms with Crippen LogP contribution in [0, 0.1) is 0 Å². The first-order valence-corrected chi connectivity index (χ1v) is 19.9. The van der Waals surface area contributed by atoms with E-state index in [1.165, 1.54) is 5.57 Å². The fraction of sp³-hybridized carbons (Fsp3) is 0.465. The number of allylic oxidation sites excluding steroid dienone is 7. The quantitative estimate of drug-likeness (QED) is 0.100. The summed E-state index contributed by atoms with van der Waals surface area (Å²) in [6.45, 7) is 6.65. The van der Waals surface area contributed by atoms with Gasteiger partial charge in [0.05, 0.1) is 50.3 Å². The lowest BCUT2D eigenvalue weighted by Gasteiger charge is -2.35. The van der Waals surface area contributed by atoms with Gasteiger partial charge in [-0.05, 0) is 73.8 Å². The van der Waals surface area contributed by atoms with Crippen molar-refractivity contribution < 1.29 is 14.3 Å². The number of dihydropyridines is 1. The number of nitrogens with two attached hydrogens (primary N) is 1. The summed E-state index contributed by atoms with van der Waals surface area (Å²) in [6, 6.07) is 0.191. The second kappa shape index (κ2) is 20.7. The number of aliphatic imine (C=N–C) groups is 3. The highest BCUT2D eigenvalue weighted by molar-refractivity contribution is 5.98. The van der Waals surface area contributed by atoms with Crippen LogP contribution in [0.5, 0.6) is 0 Å². The van der Waals surface area contributed by atoms with Crippen LogP contribution < -0.4 is 21.7 Å². The Labute approximate surface area is 325 Å². The molecule has 4 aliphatic heterocycles. The van der Waals surface area contributed by atoms with Gasteiger partial charge in [-0.2, -0.15) is 0 Å². The average molecular weight is 748 g/mol. The lowest BCUT2D eigenvalue weighted by Crippen LogP contribution is -2.45. The minimum Gasteiger partial charge on any atom is -0.372 e. The van der Waals surface area contributed by atoms with Gasteiger partial charge >= 0.3 is 0 Å². The number of hydrogen-bond acceptors (Lipinski definition) is 11. The van der Waals surface area contributed by atoms with Crippen molar-refractivity contribution in [3.05, 3.63) is 107 Å². The molecule has 55 heavy (non-hydrogen) atoms. The third kappa shape index (κ3) is 12.6. The molecule has 0 saturated carbocycles. The first kappa shape index (κ1) is 39.8. The van der Waals surface area contributed by atoms with Gasteiger partial charge in [-0.25, -0.2) is 4.99 Å². The maximum absolute atomic E-state index is 12.7. The average Bonchev–Trinajstić information content (AvgIpc) is 3.92. The summed E-state index contributed by atoms with van der Waals surface area (Å²) in [6.07, 6.45) is 35.8. The van der Waals surface area contributed by atoms with Gasteiger partial charge < -0.3 is 36.2 Å². The predicted octanol–water partition coefficient (Wildman–Crippen LogP) is 4.31. The van der Waals surface area contributed by atoms with Gasteiger partial charge in [-0.1, -0.05) is 56.2 Å². The van der Waals surface area contributed by atoms with E-state index in [-0.39, 0.29) is 30.3 Å². The molecule has 0 aromatic carbocycles. The number of nitrogens with one attached hydrogen (secondary N) is 3. The zero-order valence-corrected chi connectivity index (χ0v) is 32.1. The van der Waals surface area contributed by atoms with Gasteiger partial charge in [0.2, 0.25) is 5.91 Å². The molecule has 0 saturated heterocycles. The largest absolute Gasteiger partial charge is 0.372 e.